The predicted molar refractivity (Wildman–Crippen MR) is 386 cm³/mol. The van der Waals surface area contributed by atoms with Crippen LogP contribution in [0.1, 0.15) is 161 Å². The summed E-state index contributed by atoms with van der Waals surface area (Å²) < 4.78 is 11.7. The van der Waals surface area contributed by atoms with Crippen molar-refractivity contribution in [1.29, 1.82) is 0 Å². The molecule has 0 saturated carbocycles. The molecule has 1 unspecified atom stereocenters. The Balaban J connectivity index is 3.09. The highest BCUT2D eigenvalue weighted by Gasteiger charge is 2.48. The monoisotopic (exact) mass is 1570 g/mol. The molecule has 14 amide bonds. The van der Waals surface area contributed by atoms with Crippen LogP contribution in [0, 0.1) is 47.3 Å². The molecule has 0 bridgehead atoms. The van der Waals surface area contributed by atoms with Crippen molar-refractivity contribution in [2.45, 2.75) is 258 Å². The molecule has 2 aliphatic heterocycles. The minimum absolute atomic E-state index is 0.0959. The van der Waals surface area contributed by atoms with Crippen LogP contribution in [0.15, 0.2) is 0 Å². The molecule has 40 heteroatoms. The molecule has 21 N–H and O–H groups in total. The SMILES string of the molecule is CCO[C@H](C(N)=O)[C@@H]1NC(=O)[C@H](CCC(N)=O)N(C)C(=O)[C@H](CC(C)C)NC(=O)CNC(=O)C([C@@H](C)O)NC(=O)[C@H](NC(=O)[C@@H](NC(=O)[C@H](O)[C@@H](O)[C@H](CCC(N)=O)NC(=O)[C@@H](CC(=O)O)NC(=O)[C@H](C)[C@@H](O)[C@H](C)CC(C)C)[C@@H](C)[C@@H](C)C=O)[C@@H]([C@H](C)C(C)C)OC(=O)[C@@H]2CCCCN2C(=O)[C@@H](CC(=O)O)NC1=O. The van der Waals surface area contributed by atoms with Crippen molar-refractivity contribution >= 4 is 107 Å². The molecule has 2 fully saturated rings. The second-order valence-electron chi connectivity index (χ2n) is 29.6. The molecule has 0 aromatic rings. The molecule has 2 saturated heterocycles. The molecule has 0 aromatic carbocycles. The smallest absolute Gasteiger partial charge is 0.329 e. The summed E-state index contributed by atoms with van der Waals surface area (Å²) in [5, 5.41) is 86.3. The number of carbonyl (C=O) groups is 18. The Morgan fingerprint density at radius 2 is 1.28 bits per heavy atom. The van der Waals surface area contributed by atoms with Gasteiger partial charge in [-0.1, -0.05) is 76.2 Å². The number of fused-ring (bicyclic) bond motifs is 1. The first kappa shape index (κ1) is 96.5. The van der Waals surface area contributed by atoms with Gasteiger partial charge in [0.15, 0.2) is 12.2 Å². The third-order valence-electron chi connectivity index (χ3n) is 19.4. The molecule has 0 aliphatic carbocycles. The Kier molecular flexibility index (Phi) is 40.0. The lowest BCUT2D eigenvalue weighted by molar-refractivity contribution is -0.168. The van der Waals surface area contributed by atoms with E-state index in [-0.39, 0.29) is 44.8 Å². The first-order valence-electron chi connectivity index (χ1n) is 36.7. The molecule has 0 radical (unpaired) electrons. The van der Waals surface area contributed by atoms with Gasteiger partial charge < -0.3 is 120 Å². The first-order chi connectivity index (χ1) is 51.1. The molecule has 2 heterocycles. The molecule has 0 aromatic heterocycles. The average Bonchev–Trinajstić information content (AvgIpc) is 0.824. The Morgan fingerprint density at radius 3 is 1.81 bits per heavy atom. The van der Waals surface area contributed by atoms with Crippen molar-refractivity contribution in [3.63, 3.8) is 0 Å². The van der Waals surface area contributed by atoms with Gasteiger partial charge in [-0.05, 0) is 94.3 Å². The summed E-state index contributed by atoms with van der Waals surface area (Å²) in [6, 6.07) is -20.1. The number of nitrogens with two attached hydrogens (primary N) is 3. The Hall–Kier alpha value is -9.54. The number of piperidine rings is 1. The number of amides is 14. The van der Waals surface area contributed by atoms with E-state index >= 15 is 19.2 Å². The summed E-state index contributed by atoms with van der Waals surface area (Å²) >= 11 is 0. The maximum Gasteiger partial charge on any atom is 0.329 e. The number of ether oxygens (including phenoxy) is 2. The number of esters is 1. The Morgan fingerprint density at radius 1 is 0.673 bits per heavy atom. The normalized spacial score (nSPS) is 24.0. The molecule has 21 atom stereocenters. The van der Waals surface area contributed by atoms with Crippen LogP contribution in [0.4, 0.5) is 0 Å². The molecule has 622 valence electrons. The predicted octanol–water partition coefficient (Wildman–Crippen LogP) is -5.92. The van der Waals surface area contributed by atoms with E-state index in [1.165, 1.54) is 34.6 Å². The zero-order valence-electron chi connectivity index (χ0n) is 64.8. The van der Waals surface area contributed by atoms with Crippen molar-refractivity contribution < 1.29 is 126 Å². The molecular formula is C70H116N14O26. The van der Waals surface area contributed by atoms with E-state index in [0.717, 1.165) is 23.8 Å². The third-order valence-corrected chi connectivity index (χ3v) is 19.4. The minimum Gasteiger partial charge on any atom is -0.481 e. The topological polar surface area (TPSA) is 640 Å². The zero-order valence-corrected chi connectivity index (χ0v) is 64.8. The van der Waals surface area contributed by atoms with Crippen LogP contribution in [0.2, 0.25) is 0 Å². The highest BCUT2D eigenvalue weighted by atomic mass is 16.5. The van der Waals surface area contributed by atoms with Crippen LogP contribution in [-0.2, 0) is 95.8 Å². The maximum atomic E-state index is 15.4. The van der Waals surface area contributed by atoms with Gasteiger partial charge in [-0.15, -0.1) is 0 Å². The minimum atomic E-state index is -2.77. The highest BCUT2D eigenvalue weighted by molar-refractivity contribution is 6.01. The quantitative estimate of drug-likeness (QED) is 0.0205. The van der Waals surface area contributed by atoms with Crippen molar-refractivity contribution in [1.82, 2.24) is 57.7 Å². The summed E-state index contributed by atoms with van der Waals surface area (Å²) in [6.07, 6.45) is -17.0. The summed E-state index contributed by atoms with van der Waals surface area (Å²) in [4.78, 5) is 252. The van der Waals surface area contributed by atoms with Gasteiger partial charge in [0.2, 0.25) is 76.8 Å². The molecule has 110 heavy (non-hydrogen) atoms. The van der Waals surface area contributed by atoms with E-state index in [1.807, 2.05) is 13.8 Å². The highest BCUT2D eigenvalue weighted by Crippen LogP contribution is 2.28. The fraction of sp³-hybridized carbons (Fsp3) is 0.743. The third kappa shape index (κ3) is 29.7. The van der Waals surface area contributed by atoms with E-state index in [0.29, 0.717) is 12.7 Å². The van der Waals surface area contributed by atoms with Crippen LogP contribution < -0.4 is 65.1 Å². The second kappa shape index (κ2) is 45.6. The number of carbonyl (C=O) groups excluding carboxylic acids is 16. The number of hydrogen-bond acceptors (Lipinski definition) is 24. The maximum absolute atomic E-state index is 15.4. The lowest BCUT2D eigenvalue weighted by atomic mass is 9.86. The van der Waals surface area contributed by atoms with Gasteiger partial charge in [0.25, 0.3) is 5.91 Å². The van der Waals surface area contributed by atoms with E-state index in [4.69, 9.17) is 26.7 Å². The number of rotatable bonds is 36. The van der Waals surface area contributed by atoms with Crippen LogP contribution in [0.25, 0.3) is 0 Å². The number of cyclic esters (lactones) is 1. The zero-order chi connectivity index (χ0) is 84.2. The van der Waals surface area contributed by atoms with Gasteiger partial charge in [0, 0.05) is 39.0 Å². The van der Waals surface area contributed by atoms with Crippen LogP contribution in [0.5, 0.6) is 0 Å². The summed E-state index contributed by atoms with van der Waals surface area (Å²) in [5.74, 6) is -29.1. The molecule has 2 rings (SSSR count). The van der Waals surface area contributed by atoms with Crippen molar-refractivity contribution in [3.8, 4) is 0 Å². The average molecular weight is 1570 g/mol. The fourth-order valence-corrected chi connectivity index (χ4v) is 12.6. The van der Waals surface area contributed by atoms with Crippen LogP contribution in [0.3, 0.4) is 0 Å². The first-order valence-corrected chi connectivity index (χ1v) is 36.7. The van der Waals surface area contributed by atoms with Gasteiger partial charge >= 0.3 is 17.9 Å². The fourth-order valence-electron chi connectivity index (χ4n) is 12.6. The van der Waals surface area contributed by atoms with Crippen LogP contribution >= 0.6 is 0 Å². The van der Waals surface area contributed by atoms with Gasteiger partial charge in [0.1, 0.15) is 72.9 Å². The Bertz CT molecular complexity index is 3270. The van der Waals surface area contributed by atoms with E-state index in [9.17, 15) is 97.8 Å². The lowest BCUT2D eigenvalue weighted by Gasteiger charge is -2.40. The molecular weight excluding hydrogens is 1450 g/mol. The summed E-state index contributed by atoms with van der Waals surface area (Å²) in [5.41, 5.74) is 16.6. The van der Waals surface area contributed by atoms with E-state index in [1.54, 1.807) is 34.6 Å². The van der Waals surface area contributed by atoms with Crippen molar-refractivity contribution in [2.75, 3.05) is 26.7 Å². The van der Waals surface area contributed by atoms with Gasteiger partial charge in [-0.3, -0.25) is 76.7 Å². The number of hydrogen-bond donors (Lipinski definition) is 18. The molecule has 40 nitrogen and oxygen atoms in total. The van der Waals surface area contributed by atoms with E-state index in [2.05, 4.69) is 47.9 Å². The number of primary amides is 3. The number of nitrogens with one attached hydrogen (secondary N) is 9. The van der Waals surface area contributed by atoms with E-state index < -0.39 is 284 Å². The van der Waals surface area contributed by atoms with Crippen LogP contribution in [-0.4, -0.2) is 271 Å². The van der Waals surface area contributed by atoms with Gasteiger partial charge in [0.05, 0.1) is 43.6 Å². The largest absolute Gasteiger partial charge is 0.481 e. The number of likely N-dealkylation sites (N-methyl/N-ethyl adjacent to an activating group) is 1. The summed E-state index contributed by atoms with van der Waals surface area (Å²) in [6.45, 7) is 17.7. The number of aliphatic carboxylic acids is 2. The number of carboxylic acid groups (broad SMARTS) is 2. The lowest BCUT2D eigenvalue weighted by Crippen LogP contribution is -2.65. The Labute approximate surface area is 637 Å². The number of aldehydes is 1. The van der Waals surface area contributed by atoms with Crippen molar-refractivity contribution in [3.05, 3.63) is 0 Å². The molecule has 0 spiro atoms. The van der Waals surface area contributed by atoms with Gasteiger partial charge in [-0.2, -0.15) is 0 Å². The standard InChI is InChI=1S/C70H116N14O26/c1-15-109-58(59(73)97)53-65(103)78-42(27-49(92)93)69(107)84-23-17-16-18-44(84)70(108)110-57(35(10)32(6)7)52(66(104)80-51(38(13)86)63(101)74-28-47(89)75-41(25-31(4)5)68(106)83(14)43(62(100)81-53)20-22-46(72)88)82-64(102)50(36(11)34(9)29-85)79-67(105)56(96)55(95)39(19-21-45(71)87)76-61(99)40(26-48(90)91)77-60(98)37(12)54(94)33(8)24-30(2)3/h29-44,50-58,86,94-96H,15-28H2,1-14H3,(H2,71,87)(H2,72,88)(H2,73,97)(H,74,101)(H,75,89)(H,76,99)(H,77,98)(H,78,103)(H,79,105)(H,80,104)(H,81,100)(H,82,102)(H,90,91)(H,92,93)/t33-,34+,35-,36+,37-,38-,39+,40-,41+,42-,43+,44+,50+,51?,52-,53+,54+,55+,56-,57-,58+/m1/s1. The number of aliphatic hydroxyl groups is 4. The molecule has 2 aliphatic rings. The second-order valence-corrected chi connectivity index (χ2v) is 29.6. The van der Waals surface area contributed by atoms with Gasteiger partial charge in [-0.25, -0.2) is 4.79 Å². The number of nitrogens with zero attached hydrogens (tertiary/aromatic N) is 2. The van der Waals surface area contributed by atoms with Crippen molar-refractivity contribution in [2.24, 2.45) is 64.5 Å². The number of aliphatic hydroxyl groups excluding tert-OH is 4. The number of carboxylic acids is 2. The summed E-state index contributed by atoms with van der Waals surface area (Å²) in [7, 11) is 1.07.